The first-order valence-electron chi connectivity index (χ1n) is 27.0. The Labute approximate surface area is 454 Å². The monoisotopic (exact) mass is 1120 g/mol. The molecule has 0 nitrogen and oxygen atoms in total. The van der Waals surface area contributed by atoms with Gasteiger partial charge in [0, 0.05) is 0 Å². The molecule has 9 heteroatoms. The third-order valence-corrected chi connectivity index (χ3v) is 25.3. The maximum Gasteiger partial charge on any atom is 0.0775 e. The van der Waals surface area contributed by atoms with Gasteiger partial charge in [0.15, 0.2) is 0 Å². The van der Waals surface area contributed by atoms with Crippen LogP contribution >= 0.6 is 0 Å². The summed E-state index contributed by atoms with van der Waals surface area (Å²) < 4.78 is 34.3. The minimum atomic E-state index is -3.93. The van der Waals surface area contributed by atoms with E-state index in [1.54, 1.807) is 34.3 Å². The molecule has 0 unspecified atom stereocenters. The summed E-state index contributed by atoms with van der Waals surface area (Å²) in [6.45, 7) is 16.5. The molecule has 378 valence electrons. The van der Waals surface area contributed by atoms with Gasteiger partial charge in [-0.1, -0.05) is 121 Å². The van der Waals surface area contributed by atoms with Gasteiger partial charge in [-0.25, -0.2) is 0 Å². The third kappa shape index (κ3) is 12.8. The molecule has 8 saturated carbocycles. The second-order valence-corrected chi connectivity index (χ2v) is 44.0. The van der Waals surface area contributed by atoms with Gasteiger partial charge in [0.2, 0.25) is 0 Å². The number of rotatable bonds is 10. The molecular formula is C62H77Cl2F3Si3Zr-2. The quantitative estimate of drug-likeness (QED) is 0.0947. The molecule has 0 aliphatic heterocycles. The predicted octanol–water partition coefficient (Wildman–Crippen LogP) is 10.9. The fraction of sp³-hybridized carbons (Fsp3) is 0.516. The van der Waals surface area contributed by atoms with Crippen LogP contribution in [0, 0.1) is 59.2 Å². The van der Waals surface area contributed by atoms with Gasteiger partial charge in [0.05, 0.1) is 16.1 Å². The van der Waals surface area contributed by atoms with Crippen molar-refractivity contribution in [3.05, 3.63) is 120 Å². The zero-order chi connectivity index (χ0) is 48.4. The number of alkyl halides is 3. The third-order valence-electron chi connectivity index (χ3n) is 18.3. The van der Waals surface area contributed by atoms with Crippen molar-refractivity contribution in [3.8, 4) is 22.3 Å². The van der Waals surface area contributed by atoms with Crippen molar-refractivity contribution >= 4 is 53.5 Å². The van der Waals surface area contributed by atoms with E-state index in [-0.39, 0.29) is 24.8 Å². The molecule has 71 heavy (non-hydrogen) atoms. The zero-order valence-electron chi connectivity index (χ0n) is 43.5. The van der Waals surface area contributed by atoms with Gasteiger partial charge >= 0.3 is 67.1 Å². The second-order valence-electron chi connectivity index (χ2n) is 25.5. The van der Waals surface area contributed by atoms with Crippen LogP contribution in [0.25, 0.3) is 43.8 Å². The molecule has 6 aromatic carbocycles. The molecule has 8 aliphatic carbocycles. The van der Waals surface area contributed by atoms with Crippen LogP contribution in [0.1, 0.15) is 81.8 Å². The van der Waals surface area contributed by atoms with Crippen LogP contribution < -0.4 is 35.2 Å². The van der Waals surface area contributed by atoms with Crippen molar-refractivity contribution in [2.24, 2.45) is 59.2 Å². The summed E-state index contributed by atoms with van der Waals surface area (Å²) in [5, 5.41) is 8.86. The first-order chi connectivity index (χ1) is 32.8. The molecule has 0 atom stereocenters. The molecule has 0 radical (unpaired) electrons. The molecule has 8 fully saturated rings. The number of hydrogen-bond donors (Lipinski definition) is 0. The van der Waals surface area contributed by atoms with E-state index in [1.807, 2.05) is 6.55 Å². The van der Waals surface area contributed by atoms with Gasteiger partial charge < -0.3 is 24.8 Å². The fourth-order valence-electron chi connectivity index (χ4n) is 15.2. The fourth-order valence-corrected chi connectivity index (χ4v) is 19.2. The second kappa shape index (κ2) is 22.3. The summed E-state index contributed by atoms with van der Waals surface area (Å²) in [5.41, 5.74) is 8.14. The maximum atomic E-state index is 11.4. The molecule has 0 heterocycles. The van der Waals surface area contributed by atoms with Gasteiger partial charge in [-0.2, -0.15) is 12.1 Å². The molecule has 0 aromatic heterocycles. The van der Waals surface area contributed by atoms with Gasteiger partial charge in [-0.3, -0.25) is 0 Å². The average Bonchev–Trinajstić information content (AvgIpc) is 3.91. The van der Waals surface area contributed by atoms with Gasteiger partial charge in [0.25, 0.3) is 0 Å². The van der Waals surface area contributed by atoms with Crippen molar-refractivity contribution in [2.45, 2.75) is 142 Å². The Morgan fingerprint density at radius 2 is 0.859 bits per heavy atom. The molecule has 8 bridgehead atoms. The molecule has 0 saturated heterocycles. The summed E-state index contributed by atoms with van der Waals surface area (Å²) in [6.07, 6.45) is 13.5. The minimum absolute atomic E-state index is 0. The van der Waals surface area contributed by atoms with Gasteiger partial charge in [0.1, 0.15) is 0 Å². The summed E-state index contributed by atoms with van der Waals surface area (Å²) in [4.78, 5) is 0. The van der Waals surface area contributed by atoms with Gasteiger partial charge in [-0.05, 0) is 147 Å². The van der Waals surface area contributed by atoms with Crippen LogP contribution in [0.15, 0.2) is 109 Å². The maximum absolute atomic E-state index is 11.4. The average molecular weight is 1130 g/mol. The first-order valence-corrected chi connectivity index (χ1v) is 39.9. The van der Waals surface area contributed by atoms with Crippen LogP contribution in [0.5, 0.6) is 0 Å². The van der Waals surface area contributed by atoms with Gasteiger partial charge in [-0.15, -0.1) is 69.1 Å². The van der Waals surface area contributed by atoms with E-state index in [1.165, 1.54) is 131 Å². The van der Waals surface area contributed by atoms with Crippen LogP contribution in [0.3, 0.4) is 0 Å². The van der Waals surface area contributed by atoms with E-state index in [0.29, 0.717) is 6.04 Å². The molecule has 8 aliphatic rings. The smallest absolute Gasteiger partial charge is 0.0775 e. The van der Waals surface area contributed by atoms with Crippen molar-refractivity contribution in [1.82, 2.24) is 0 Å². The van der Waals surface area contributed by atoms with Crippen molar-refractivity contribution in [2.75, 3.05) is 0 Å². The number of hydrogen-bond acceptors (Lipinski definition) is 0. The Morgan fingerprint density at radius 3 is 1.14 bits per heavy atom. The van der Waals surface area contributed by atoms with E-state index in [4.69, 9.17) is 0 Å². The zero-order valence-corrected chi connectivity index (χ0v) is 50.4. The summed E-state index contributed by atoms with van der Waals surface area (Å²) >= 11 is 1.29. The number of fused-ring (bicyclic) bond motifs is 2. The largest absolute Gasteiger partial charge is 1.00 e. The SMILES string of the molecule is C[Si](=[Zr+2])CCC(F)(F)F.C[Si](C)(C)c1ccc(-c2cccc3[cH-]c(CC4C5CC6CC(C5)CC4C6)cc23)cc1.C[Si](C)(C)c1ccc(-c2cccc3[cH-]c(CC4C5CC6CC(C5)CC4C6)cc23)cc1.[Cl-].[Cl-]. The van der Waals surface area contributed by atoms with E-state index in [9.17, 15) is 13.2 Å². The van der Waals surface area contributed by atoms with Crippen LogP contribution in [-0.2, 0) is 36.2 Å². The topological polar surface area (TPSA) is 0 Å². The van der Waals surface area contributed by atoms with Crippen molar-refractivity contribution < 1.29 is 61.3 Å². The summed E-state index contributed by atoms with van der Waals surface area (Å²) in [7, 11) is -2.49. The molecule has 14 rings (SSSR count). The molecule has 6 aromatic rings. The number of benzene rings is 4. The summed E-state index contributed by atoms with van der Waals surface area (Å²) in [6, 6.07) is 43.1. The van der Waals surface area contributed by atoms with Crippen LogP contribution in [-0.4, -0.2) is 27.8 Å². The Hall–Kier alpha value is -2.00. The molecule has 0 N–H and O–H groups in total. The molecule has 0 amide bonds. The van der Waals surface area contributed by atoms with E-state index >= 15 is 0 Å². The predicted molar refractivity (Wildman–Crippen MR) is 291 cm³/mol. The summed E-state index contributed by atoms with van der Waals surface area (Å²) in [5.74, 6) is 10.3. The Balaban J connectivity index is 0.000000159. The van der Waals surface area contributed by atoms with Crippen molar-refractivity contribution in [1.29, 1.82) is 0 Å². The molecular weight excluding hydrogens is 1050 g/mol. The van der Waals surface area contributed by atoms with Crippen LogP contribution in [0.4, 0.5) is 13.2 Å². The normalized spacial score (nSPS) is 27.1. The van der Waals surface area contributed by atoms with E-state index < -0.39 is 34.2 Å². The van der Waals surface area contributed by atoms with Crippen molar-refractivity contribution in [3.63, 3.8) is 0 Å². The Bertz CT molecular complexity index is 2520. The molecule has 0 spiro atoms. The Kier molecular flexibility index (Phi) is 17.4. The van der Waals surface area contributed by atoms with E-state index in [0.717, 1.165) is 59.2 Å². The van der Waals surface area contributed by atoms with Crippen LogP contribution in [0.2, 0.25) is 51.9 Å². The first kappa shape index (κ1) is 55.2. The minimum Gasteiger partial charge on any atom is -1.00 e. The standard InChI is InChI=1S/2C29H35Si.C4H7F3Si.2ClH.Zr/c2*1-30(2,3)26-9-7-22(8-10-26)27-6-4-5-23-12-21(18-29(23)27)17-28-24-13-19-11-20(15-24)16-25(28)14-19;1-8-3-2-4(5,6)7;;;/h2*4-10,12,18-20,24-25,28H,11,13-17H2,1-3H3;2-3H2,1H3;2*1H;/q2*-1;;;;+2/p-2. The number of halogens is 5. The van der Waals surface area contributed by atoms with E-state index in [2.05, 4.69) is 148 Å². The Morgan fingerprint density at radius 1 is 0.521 bits per heavy atom.